The molecule has 0 atom stereocenters. The Kier molecular flexibility index (Phi) is 9.88. The summed E-state index contributed by atoms with van der Waals surface area (Å²) in [4.78, 5) is 14.3. The van der Waals surface area contributed by atoms with Gasteiger partial charge in [0, 0.05) is 26.3 Å². The van der Waals surface area contributed by atoms with Crippen LogP contribution in [0, 0.1) is 0 Å². The molecule has 0 fully saturated rings. The molecule has 0 saturated heterocycles. The molecule has 0 radical (unpaired) electrons. The Bertz CT molecular complexity index is 1440. The molecule has 0 aliphatic rings. The molecule has 13 heteroatoms. The van der Waals surface area contributed by atoms with Gasteiger partial charge in [0.05, 0.1) is 39.1 Å². The summed E-state index contributed by atoms with van der Waals surface area (Å²) >= 11 is 0. The predicted octanol–water partition coefficient (Wildman–Crippen LogP) is 4.79. The molecule has 0 N–H and O–H groups in total. The van der Waals surface area contributed by atoms with Crippen molar-refractivity contribution in [1.29, 1.82) is 0 Å². The van der Waals surface area contributed by atoms with Crippen molar-refractivity contribution in [1.82, 2.24) is 4.90 Å². The van der Waals surface area contributed by atoms with Crippen LogP contribution in [0.3, 0.4) is 0 Å². The minimum absolute atomic E-state index is 0.00133. The molecule has 0 saturated carbocycles. The molecule has 9 nitrogen and oxygen atoms in total. The Labute approximate surface area is 230 Å². The van der Waals surface area contributed by atoms with Crippen molar-refractivity contribution in [2.45, 2.75) is 17.6 Å². The van der Waals surface area contributed by atoms with Gasteiger partial charge in [-0.05, 0) is 48.0 Å². The molecular formula is C27H28F3NO8S. The molecule has 0 aliphatic heterocycles. The van der Waals surface area contributed by atoms with E-state index in [0.29, 0.717) is 17.4 Å². The molecule has 1 amide bonds. The van der Waals surface area contributed by atoms with Gasteiger partial charge < -0.3 is 28.0 Å². The van der Waals surface area contributed by atoms with Gasteiger partial charge in [-0.3, -0.25) is 4.79 Å². The van der Waals surface area contributed by atoms with Crippen LogP contribution in [0.5, 0.6) is 23.0 Å². The second-order valence-corrected chi connectivity index (χ2v) is 9.88. The molecule has 216 valence electrons. The Morgan fingerprint density at radius 2 is 1.57 bits per heavy atom. The monoisotopic (exact) mass is 583 g/mol. The van der Waals surface area contributed by atoms with Crippen molar-refractivity contribution < 1.29 is 49.5 Å². The smallest absolute Gasteiger partial charge is 0.416 e. The molecule has 0 aromatic heterocycles. The molecule has 0 heterocycles. The predicted molar refractivity (Wildman–Crippen MR) is 138 cm³/mol. The Morgan fingerprint density at radius 1 is 0.850 bits per heavy atom. The lowest BCUT2D eigenvalue weighted by Gasteiger charge is -2.24. The van der Waals surface area contributed by atoms with Crippen molar-refractivity contribution in [3.63, 3.8) is 0 Å². The van der Waals surface area contributed by atoms with Crippen LogP contribution in [0.15, 0.2) is 65.6 Å². The molecule has 0 bridgehead atoms. The highest BCUT2D eigenvalue weighted by atomic mass is 32.2. The number of hydrogen-bond donors (Lipinski definition) is 0. The zero-order valence-corrected chi connectivity index (χ0v) is 23.0. The van der Waals surface area contributed by atoms with Gasteiger partial charge in [-0.15, -0.1) is 0 Å². The van der Waals surface area contributed by atoms with Gasteiger partial charge in [0.2, 0.25) is 0 Å². The first-order valence-corrected chi connectivity index (χ1v) is 13.1. The maximum Gasteiger partial charge on any atom is 0.416 e. The molecule has 0 spiro atoms. The van der Waals surface area contributed by atoms with Gasteiger partial charge in [0.15, 0.2) is 11.5 Å². The van der Waals surface area contributed by atoms with Crippen LogP contribution in [0.2, 0.25) is 0 Å². The van der Waals surface area contributed by atoms with Crippen LogP contribution in [0.1, 0.15) is 21.5 Å². The average molecular weight is 584 g/mol. The number of halogens is 3. The van der Waals surface area contributed by atoms with E-state index in [2.05, 4.69) is 0 Å². The Balaban J connectivity index is 1.94. The van der Waals surface area contributed by atoms with E-state index in [1.165, 1.54) is 45.5 Å². The van der Waals surface area contributed by atoms with Crippen LogP contribution >= 0.6 is 0 Å². The number of carbonyl (C=O) groups is 1. The molecule has 40 heavy (non-hydrogen) atoms. The maximum absolute atomic E-state index is 13.5. The van der Waals surface area contributed by atoms with Crippen molar-refractivity contribution >= 4 is 16.0 Å². The fraction of sp³-hybridized carbons (Fsp3) is 0.296. The third-order valence-electron chi connectivity index (χ3n) is 5.74. The number of amides is 1. The van der Waals surface area contributed by atoms with Crippen molar-refractivity contribution in [3.8, 4) is 23.0 Å². The molecule has 0 unspecified atom stereocenters. The molecule has 3 aromatic rings. The summed E-state index contributed by atoms with van der Waals surface area (Å²) in [5, 5.41) is 0. The lowest BCUT2D eigenvalue weighted by molar-refractivity contribution is -0.137. The first kappa shape index (κ1) is 30.6. The second kappa shape index (κ2) is 12.9. The van der Waals surface area contributed by atoms with Gasteiger partial charge in [0.1, 0.15) is 16.4 Å². The van der Waals surface area contributed by atoms with Crippen molar-refractivity contribution in [2.24, 2.45) is 0 Å². The summed E-state index contributed by atoms with van der Waals surface area (Å²) < 4.78 is 91.3. The highest BCUT2D eigenvalue weighted by Gasteiger charge is 2.32. The van der Waals surface area contributed by atoms with Gasteiger partial charge in [-0.1, -0.05) is 12.1 Å². The number of methoxy groups -OCH3 is 4. The summed E-state index contributed by atoms with van der Waals surface area (Å²) in [5.41, 5.74) is -0.428. The topological polar surface area (TPSA) is 101 Å². The van der Waals surface area contributed by atoms with Gasteiger partial charge in [-0.2, -0.15) is 21.6 Å². The largest absolute Gasteiger partial charge is 0.497 e. The number of ether oxygens (including phenoxy) is 4. The third-order valence-corrected chi connectivity index (χ3v) is 6.97. The fourth-order valence-corrected chi connectivity index (χ4v) is 4.68. The first-order chi connectivity index (χ1) is 18.9. The summed E-state index contributed by atoms with van der Waals surface area (Å²) in [6.45, 7) is 0.379. The van der Waals surface area contributed by atoms with Crippen LogP contribution in [0.25, 0.3) is 0 Å². The first-order valence-electron chi connectivity index (χ1n) is 11.7. The average Bonchev–Trinajstić information content (AvgIpc) is 2.94. The summed E-state index contributed by atoms with van der Waals surface area (Å²) in [6, 6.07) is 12.3. The highest BCUT2D eigenvalue weighted by Crippen LogP contribution is 2.34. The van der Waals surface area contributed by atoms with E-state index >= 15 is 0 Å². The number of hydrogen-bond acceptors (Lipinski definition) is 8. The number of rotatable bonds is 12. The number of alkyl halides is 3. The quantitative estimate of drug-likeness (QED) is 0.281. The van der Waals surface area contributed by atoms with E-state index in [1.807, 2.05) is 0 Å². The number of carbonyl (C=O) groups excluding carboxylic acids is 1. The molecule has 0 aliphatic carbocycles. The number of benzene rings is 3. The zero-order valence-electron chi connectivity index (χ0n) is 22.2. The van der Waals surface area contributed by atoms with Crippen LogP contribution in [-0.4, -0.2) is 60.8 Å². The van der Waals surface area contributed by atoms with Gasteiger partial charge in [-0.25, -0.2) is 0 Å². The Morgan fingerprint density at radius 3 is 2.20 bits per heavy atom. The lowest BCUT2D eigenvalue weighted by atomic mass is 10.1. The minimum Gasteiger partial charge on any atom is -0.497 e. The number of nitrogens with zero attached hydrogens (tertiary/aromatic N) is 1. The van der Waals surface area contributed by atoms with Crippen LogP contribution < -0.4 is 18.4 Å². The van der Waals surface area contributed by atoms with E-state index < -0.39 is 32.7 Å². The molecular weight excluding hydrogens is 555 g/mol. The molecule has 3 rings (SSSR count). The summed E-state index contributed by atoms with van der Waals surface area (Å²) in [6.07, 6.45) is -4.74. The van der Waals surface area contributed by atoms with E-state index in [1.54, 1.807) is 24.3 Å². The zero-order chi connectivity index (χ0) is 29.5. The fourth-order valence-electron chi connectivity index (χ4n) is 3.70. The second-order valence-electron chi connectivity index (χ2n) is 8.33. The Hall–Kier alpha value is -3.97. The minimum atomic E-state index is -4.74. The van der Waals surface area contributed by atoms with Crippen LogP contribution in [-0.2, 0) is 27.6 Å². The van der Waals surface area contributed by atoms with E-state index in [9.17, 15) is 26.4 Å². The summed E-state index contributed by atoms with van der Waals surface area (Å²) in [7, 11) is 0.993. The van der Waals surface area contributed by atoms with Crippen LogP contribution in [0.4, 0.5) is 13.2 Å². The van der Waals surface area contributed by atoms with E-state index in [4.69, 9.17) is 23.1 Å². The highest BCUT2D eigenvalue weighted by molar-refractivity contribution is 7.87. The summed E-state index contributed by atoms with van der Waals surface area (Å²) in [5.74, 6) is 0.143. The van der Waals surface area contributed by atoms with E-state index in [-0.39, 0.29) is 42.5 Å². The maximum atomic E-state index is 13.5. The molecule has 3 aromatic carbocycles. The normalized spacial score (nSPS) is 11.6. The SMILES string of the molecule is COCCN(Cc1ccc(OC)c(OS(=O)(=O)c2cccc(C(F)(F)F)c2)c1)C(=O)c1ccc(OC)cc1OC. The third kappa shape index (κ3) is 7.36. The van der Waals surface area contributed by atoms with Gasteiger partial charge >= 0.3 is 16.3 Å². The lowest BCUT2D eigenvalue weighted by Crippen LogP contribution is -2.33. The standard InChI is InChI=1S/C27H28F3NO8S/c1-35-13-12-31(26(32)22-10-9-20(36-2)16-24(22)38-4)17-18-8-11-23(37-3)25(14-18)39-40(33,34)21-7-5-6-19(15-21)27(28,29)30/h5-11,14-16H,12-13,17H2,1-4H3. The van der Waals surface area contributed by atoms with Crippen molar-refractivity contribution in [3.05, 3.63) is 77.4 Å². The van der Waals surface area contributed by atoms with Crippen molar-refractivity contribution in [2.75, 3.05) is 41.6 Å². The van der Waals surface area contributed by atoms with E-state index in [0.717, 1.165) is 18.2 Å². The van der Waals surface area contributed by atoms with Gasteiger partial charge in [0.25, 0.3) is 5.91 Å².